The van der Waals surface area contributed by atoms with Crippen molar-refractivity contribution in [1.29, 1.82) is 0 Å². The molecule has 0 aliphatic heterocycles. The van der Waals surface area contributed by atoms with Crippen molar-refractivity contribution in [3.05, 3.63) is 0 Å². The van der Waals surface area contributed by atoms with Gasteiger partial charge in [-0.3, -0.25) is 9.11 Å². The molecule has 0 bridgehead atoms. The predicted octanol–water partition coefficient (Wildman–Crippen LogP) is -9.74. The minimum Gasteiger partial charge on any atom is -0.652 e. The van der Waals surface area contributed by atoms with Gasteiger partial charge in [0, 0.05) is 0 Å². The van der Waals surface area contributed by atoms with Crippen LogP contribution >= 0.6 is 0 Å². The number of rotatable bonds is 3. The zero-order valence-electron chi connectivity index (χ0n) is 8.59. The second-order valence-corrected chi connectivity index (χ2v) is 3.22. The maximum Gasteiger partial charge on any atom is 1.00 e. The van der Waals surface area contributed by atoms with E-state index in [1.165, 1.54) is 0 Å². The van der Waals surface area contributed by atoms with Crippen LogP contribution in [0.1, 0.15) is 0 Å². The summed E-state index contributed by atoms with van der Waals surface area (Å²) in [5.74, 6) is 0. The maximum absolute atomic E-state index is 9.51. The zero-order chi connectivity index (χ0) is 12.0. The minimum absolute atomic E-state index is 0. The molecule has 16 heteroatoms. The molecular formula is CH5NNa2O11S2. The number of hydrogen-bond donors (Lipinski definition) is 3. The van der Waals surface area contributed by atoms with Gasteiger partial charge in [0.1, 0.15) is 0 Å². The Kier molecular flexibility index (Phi) is 24.3. The first-order chi connectivity index (χ1) is 5.94. The van der Waals surface area contributed by atoms with Crippen LogP contribution in [0.5, 0.6) is 0 Å². The average molecular weight is 317 g/mol. The van der Waals surface area contributed by atoms with Crippen molar-refractivity contribution in [1.82, 2.24) is 6.15 Å². The summed E-state index contributed by atoms with van der Waals surface area (Å²) in [4.78, 5) is 8.33. The Hall–Kier alpha value is 0.970. The van der Waals surface area contributed by atoms with Crippen molar-refractivity contribution < 1.29 is 109 Å². The van der Waals surface area contributed by atoms with E-state index in [1.54, 1.807) is 0 Å². The molecule has 0 unspecified atom stereocenters. The first-order valence-electron chi connectivity index (χ1n) is 2.14. The molecule has 0 atom stereocenters. The molecule has 0 spiro atoms. The zero-order valence-corrected chi connectivity index (χ0v) is 14.2. The van der Waals surface area contributed by atoms with E-state index < -0.39 is 27.0 Å². The van der Waals surface area contributed by atoms with Crippen molar-refractivity contribution in [2.24, 2.45) is 0 Å². The molecular weight excluding hydrogens is 312 g/mol. The van der Waals surface area contributed by atoms with Gasteiger partial charge in [0.05, 0.1) is 0 Å². The van der Waals surface area contributed by atoms with Crippen LogP contribution in [-0.4, -0.2) is 32.1 Å². The van der Waals surface area contributed by atoms with Crippen LogP contribution in [0, 0.1) is 0 Å². The SMILES string of the molecule is N.O=C([O-])[O-].O=S(=O)(O)OOS(=O)(=O)O.[Na+].[Na+]. The third-order valence-electron chi connectivity index (χ3n) is 0.200. The summed E-state index contributed by atoms with van der Waals surface area (Å²) >= 11 is 0. The van der Waals surface area contributed by atoms with Crippen LogP contribution in [-0.2, 0) is 29.5 Å². The van der Waals surface area contributed by atoms with Gasteiger partial charge >= 0.3 is 79.9 Å². The van der Waals surface area contributed by atoms with Gasteiger partial charge in [0.2, 0.25) is 0 Å². The van der Waals surface area contributed by atoms with Crippen molar-refractivity contribution in [3.8, 4) is 0 Å². The summed E-state index contributed by atoms with van der Waals surface area (Å²) in [6, 6.07) is 0. The molecule has 0 heterocycles. The molecule has 0 aromatic rings. The molecule has 0 aromatic carbocycles. The Bertz CT molecular complexity index is 334. The Labute approximate surface area is 140 Å². The van der Waals surface area contributed by atoms with Crippen LogP contribution in [0.15, 0.2) is 0 Å². The molecule has 0 saturated heterocycles. The Balaban J connectivity index is -0.0000000607. The third kappa shape index (κ3) is 59.9. The molecule has 0 amide bonds. The van der Waals surface area contributed by atoms with Crippen molar-refractivity contribution in [3.63, 3.8) is 0 Å². The summed E-state index contributed by atoms with van der Waals surface area (Å²) < 4.78 is 58.9. The van der Waals surface area contributed by atoms with Crippen molar-refractivity contribution in [2.45, 2.75) is 0 Å². The summed E-state index contributed by atoms with van der Waals surface area (Å²) in [6.45, 7) is 0. The first-order valence-corrected chi connectivity index (χ1v) is 4.87. The fourth-order valence-electron chi connectivity index (χ4n) is 0.0702. The van der Waals surface area contributed by atoms with Gasteiger partial charge in [0.15, 0.2) is 0 Å². The first kappa shape index (κ1) is 30.8. The average Bonchev–Trinajstić information content (AvgIpc) is 1.79. The molecule has 0 saturated carbocycles. The minimum atomic E-state index is -5.02. The van der Waals surface area contributed by atoms with Gasteiger partial charge in [-0.05, 0) is 6.16 Å². The third-order valence-corrected chi connectivity index (χ3v) is 0.766. The summed E-state index contributed by atoms with van der Waals surface area (Å²) in [7, 11) is -10.0. The van der Waals surface area contributed by atoms with Crippen LogP contribution in [0.4, 0.5) is 4.79 Å². The Morgan fingerprint density at radius 3 is 1.06 bits per heavy atom. The smallest absolute Gasteiger partial charge is 0.652 e. The van der Waals surface area contributed by atoms with Gasteiger partial charge in [0.25, 0.3) is 0 Å². The van der Waals surface area contributed by atoms with E-state index in [1.807, 2.05) is 0 Å². The van der Waals surface area contributed by atoms with Crippen molar-refractivity contribution >= 4 is 27.0 Å². The monoisotopic (exact) mass is 317 g/mol. The van der Waals surface area contributed by atoms with Crippen molar-refractivity contribution in [2.75, 3.05) is 0 Å². The molecule has 0 fully saturated rings. The van der Waals surface area contributed by atoms with Gasteiger partial charge in [-0.2, -0.15) is 16.8 Å². The van der Waals surface area contributed by atoms with E-state index in [2.05, 4.69) is 8.67 Å². The summed E-state index contributed by atoms with van der Waals surface area (Å²) in [5.41, 5.74) is 0. The van der Waals surface area contributed by atoms with Crippen LogP contribution in [0.2, 0.25) is 0 Å². The maximum atomic E-state index is 9.51. The van der Waals surface area contributed by atoms with E-state index in [-0.39, 0.29) is 65.3 Å². The van der Waals surface area contributed by atoms with Gasteiger partial charge in [-0.1, -0.05) is 8.67 Å². The Morgan fingerprint density at radius 1 is 0.882 bits per heavy atom. The molecule has 0 aliphatic rings. The van der Waals surface area contributed by atoms with E-state index in [9.17, 15) is 16.8 Å². The van der Waals surface area contributed by atoms with E-state index in [4.69, 9.17) is 24.1 Å². The standard InChI is InChI=1S/CH2O3.H3N.2Na.H2O8S2/c2-1(3)4;;;;1-9(2,3)7-8-10(4,5)6/h(H2,2,3,4);1H3;;;(H,1,2,3)(H,4,5,6)/q;;2*+1;/p-2. The summed E-state index contributed by atoms with van der Waals surface area (Å²) in [5, 5.41) is 16.7. The van der Waals surface area contributed by atoms with E-state index in [0.717, 1.165) is 0 Å². The molecule has 12 nitrogen and oxygen atoms in total. The van der Waals surface area contributed by atoms with Gasteiger partial charge in [-0.15, -0.1) is 0 Å². The second kappa shape index (κ2) is 13.4. The molecule has 0 radical (unpaired) electrons. The molecule has 17 heavy (non-hydrogen) atoms. The fraction of sp³-hybridized carbons (Fsp3) is 0. The molecule has 0 aromatic heterocycles. The quantitative estimate of drug-likeness (QED) is 0.191. The number of carbonyl (C=O) groups excluding carboxylic acids is 1. The molecule has 5 N–H and O–H groups in total. The largest absolute Gasteiger partial charge is 1.00 e. The predicted molar refractivity (Wildman–Crippen MR) is 35.7 cm³/mol. The topological polar surface area (TPSA) is 225 Å². The van der Waals surface area contributed by atoms with Crippen LogP contribution < -0.4 is 75.5 Å². The fourth-order valence-corrected chi connectivity index (χ4v) is 0.632. The Morgan fingerprint density at radius 2 is 1.00 bits per heavy atom. The van der Waals surface area contributed by atoms with E-state index >= 15 is 0 Å². The molecule has 0 rings (SSSR count). The van der Waals surface area contributed by atoms with E-state index in [0.29, 0.717) is 0 Å². The normalized spacial score (nSPS) is 9.29. The van der Waals surface area contributed by atoms with Gasteiger partial charge in [-0.25, -0.2) is 0 Å². The summed E-state index contributed by atoms with van der Waals surface area (Å²) in [6.07, 6.45) is -2.33. The van der Waals surface area contributed by atoms with Gasteiger partial charge < -0.3 is 21.2 Å². The number of hydrogen-bond acceptors (Lipinski definition) is 10. The molecule has 94 valence electrons. The molecule has 0 aliphatic carbocycles. The number of carbonyl (C=O) groups is 1. The second-order valence-electron chi connectivity index (χ2n) is 1.24. The van der Waals surface area contributed by atoms with Crippen LogP contribution in [0.3, 0.4) is 0 Å². The van der Waals surface area contributed by atoms with Crippen LogP contribution in [0.25, 0.3) is 0 Å². The number of carboxylic acid groups (broad SMARTS) is 2.